The van der Waals surface area contributed by atoms with Crippen LogP contribution in [0, 0.1) is 6.92 Å². The Morgan fingerprint density at radius 1 is 1.32 bits per heavy atom. The number of halogens is 1. The van der Waals surface area contributed by atoms with Crippen molar-refractivity contribution in [2.24, 2.45) is 0 Å². The molecule has 1 amide bonds. The van der Waals surface area contributed by atoms with Crippen LogP contribution in [0.4, 0.5) is 5.69 Å². The van der Waals surface area contributed by atoms with Gasteiger partial charge < -0.3 is 10.1 Å². The van der Waals surface area contributed by atoms with Crippen LogP contribution >= 0.6 is 27.3 Å². The molecule has 22 heavy (non-hydrogen) atoms. The number of hydrogen-bond acceptors (Lipinski definition) is 4. The van der Waals surface area contributed by atoms with E-state index < -0.39 is 0 Å². The van der Waals surface area contributed by atoms with Gasteiger partial charge in [-0.25, -0.2) is 0 Å². The molecule has 0 aliphatic carbocycles. The highest BCUT2D eigenvalue weighted by atomic mass is 79.9. The van der Waals surface area contributed by atoms with Gasteiger partial charge in [-0.2, -0.15) is 11.3 Å². The van der Waals surface area contributed by atoms with Gasteiger partial charge in [0.05, 0.1) is 0 Å². The third kappa shape index (κ3) is 5.27. The molecular formula is C16H16BrNO3S. The molecule has 0 saturated heterocycles. The number of carbonyl (C=O) groups excluding carboxylic acids is 2. The highest BCUT2D eigenvalue weighted by Gasteiger charge is 2.09. The summed E-state index contributed by atoms with van der Waals surface area (Å²) in [5, 5.41) is 6.65. The summed E-state index contributed by atoms with van der Waals surface area (Å²) in [4.78, 5) is 23.3. The minimum absolute atomic E-state index is 0.270. The van der Waals surface area contributed by atoms with Gasteiger partial charge in [-0.1, -0.05) is 22.0 Å². The average molecular weight is 382 g/mol. The van der Waals surface area contributed by atoms with E-state index in [4.69, 9.17) is 4.74 Å². The second-order valence-corrected chi connectivity index (χ2v) is 6.44. The van der Waals surface area contributed by atoms with Crippen LogP contribution < -0.4 is 5.32 Å². The molecule has 0 unspecified atom stereocenters. The molecule has 4 nitrogen and oxygen atoms in total. The van der Waals surface area contributed by atoms with E-state index in [1.807, 2.05) is 35.9 Å². The number of thiophene rings is 1. The van der Waals surface area contributed by atoms with Crippen LogP contribution in [0.25, 0.3) is 0 Å². The summed E-state index contributed by atoms with van der Waals surface area (Å²) < 4.78 is 5.88. The van der Waals surface area contributed by atoms with Gasteiger partial charge in [0.15, 0.2) is 6.61 Å². The third-order valence-electron chi connectivity index (χ3n) is 3.02. The molecule has 6 heteroatoms. The second-order valence-electron chi connectivity index (χ2n) is 4.80. The van der Waals surface area contributed by atoms with Gasteiger partial charge in [-0.05, 0) is 53.4 Å². The lowest BCUT2D eigenvalue weighted by atomic mass is 10.2. The molecule has 0 saturated carbocycles. The van der Waals surface area contributed by atoms with Crippen molar-refractivity contribution in [2.75, 3.05) is 11.9 Å². The summed E-state index contributed by atoms with van der Waals surface area (Å²) in [6.45, 7) is 1.69. The van der Waals surface area contributed by atoms with E-state index in [0.29, 0.717) is 12.1 Å². The number of carbonyl (C=O) groups is 2. The zero-order chi connectivity index (χ0) is 15.9. The molecule has 1 aromatic heterocycles. The van der Waals surface area contributed by atoms with Crippen LogP contribution in [0.15, 0.2) is 39.5 Å². The Balaban J connectivity index is 1.72. The molecule has 1 heterocycles. The normalized spacial score (nSPS) is 10.3. The fourth-order valence-electron chi connectivity index (χ4n) is 1.77. The first-order valence-corrected chi connectivity index (χ1v) is 8.51. The Morgan fingerprint density at radius 3 is 2.82 bits per heavy atom. The maximum atomic E-state index is 11.7. The first-order chi connectivity index (χ1) is 10.5. The van der Waals surface area contributed by atoms with Crippen molar-refractivity contribution >= 4 is 44.8 Å². The monoisotopic (exact) mass is 381 g/mol. The van der Waals surface area contributed by atoms with Crippen molar-refractivity contribution < 1.29 is 14.3 Å². The van der Waals surface area contributed by atoms with E-state index in [1.165, 1.54) is 0 Å². The van der Waals surface area contributed by atoms with Gasteiger partial charge in [0.2, 0.25) is 0 Å². The van der Waals surface area contributed by atoms with E-state index >= 15 is 0 Å². The van der Waals surface area contributed by atoms with Crippen molar-refractivity contribution in [3.05, 3.63) is 50.6 Å². The number of rotatable bonds is 6. The first-order valence-electron chi connectivity index (χ1n) is 6.77. The summed E-state index contributed by atoms with van der Waals surface area (Å²) in [7, 11) is 0. The number of hydrogen-bond donors (Lipinski definition) is 1. The molecule has 116 valence electrons. The quantitative estimate of drug-likeness (QED) is 0.771. The van der Waals surface area contributed by atoms with Crippen LogP contribution in [-0.2, 0) is 20.7 Å². The highest BCUT2D eigenvalue weighted by molar-refractivity contribution is 9.10. The predicted octanol–water partition coefficient (Wildman–Crippen LogP) is 3.93. The van der Waals surface area contributed by atoms with E-state index in [-0.39, 0.29) is 24.9 Å². The Labute approximate surface area is 141 Å². The van der Waals surface area contributed by atoms with E-state index in [0.717, 1.165) is 15.6 Å². The standard InChI is InChI=1S/C16H16BrNO3S/c1-11-2-4-13(8-14(11)17)18-15(19)9-21-16(20)5-3-12-6-7-22-10-12/h2,4,6-8,10H,3,5,9H2,1H3,(H,18,19). The Morgan fingerprint density at radius 2 is 2.14 bits per heavy atom. The molecular weight excluding hydrogens is 366 g/mol. The van der Waals surface area contributed by atoms with E-state index in [2.05, 4.69) is 21.2 Å². The van der Waals surface area contributed by atoms with Gasteiger partial charge in [0, 0.05) is 16.6 Å². The van der Waals surface area contributed by atoms with Crippen LogP contribution in [0.3, 0.4) is 0 Å². The molecule has 0 aliphatic rings. The molecule has 0 radical (unpaired) electrons. The topological polar surface area (TPSA) is 55.4 Å². The number of amides is 1. The van der Waals surface area contributed by atoms with Crippen molar-refractivity contribution in [1.82, 2.24) is 0 Å². The maximum Gasteiger partial charge on any atom is 0.306 e. The molecule has 1 aromatic carbocycles. The van der Waals surface area contributed by atoms with Gasteiger partial charge in [0.1, 0.15) is 0 Å². The molecule has 0 spiro atoms. The number of anilines is 1. The Kier molecular flexibility index (Phi) is 6.15. The van der Waals surface area contributed by atoms with Gasteiger partial charge in [-0.3, -0.25) is 9.59 Å². The molecule has 2 aromatic rings. The fraction of sp³-hybridized carbons (Fsp3) is 0.250. The van der Waals surface area contributed by atoms with Crippen LogP contribution in [0.1, 0.15) is 17.5 Å². The van der Waals surface area contributed by atoms with E-state index in [1.54, 1.807) is 17.4 Å². The number of esters is 1. The lowest BCUT2D eigenvalue weighted by Gasteiger charge is -2.08. The zero-order valence-electron chi connectivity index (χ0n) is 12.1. The summed E-state index contributed by atoms with van der Waals surface area (Å²) in [5.74, 6) is -0.717. The predicted molar refractivity (Wildman–Crippen MR) is 91.1 cm³/mol. The zero-order valence-corrected chi connectivity index (χ0v) is 14.5. The molecule has 0 atom stereocenters. The smallest absolute Gasteiger partial charge is 0.306 e. The number of ether oxygens (including phenoxy) is 1. The summed E-state index contributed by atoms with van der Waals surface area (Å²) in [6.07, 6.45) is 0.912. The van der Waals surface area contributed by atoms with Crippen molar-refractivity contribution in [2.45, 2.75) is 19.8 Å². The fourth-order valence-corrected chi connectivity index (χ4v) is 2.85. The van der Waals surface area contributed by atoms with E-state index in [9.17, 15) is 9.59 Å². The summed E-state index contributed by atoms with van der Waals surface area (Å²) in [6, 6.07) is 7.48. The molecule has 0 fully saturated rings. The number of nitrogens with one attached hydrogen (secondary N) is 1. The van der Waals surface area contributed by atoms with Gasteiger partial charge in [-0.15, -0.1) is 0 Å². The molecule has 0 aliphatic heterocycles. The Bertz CT molecular complexity index is 655. The van der Waals surface area contributed by atoms with Crippen molar-refractivity contribution in [3.63, 3.8) is 0 Å². The SMILES string of the molecule is Cc1ccc(NC(=O)COC(=O)CCc2ccsc2)cc1Br. The van der Waals surface area contributed by atoms with Crippen LogP contribution in [0.5, 0.6) is 0 Å². The Hall–Kier alpha value is -1.66. The molecule has 0 bridgehead atoms. The number of aryl methyl sites for hydroxylation is 2. The van der Waals surface area contributed by atoms with Crippen molar-refractivity contribution in [3.8, 4) is 0 Å². The second kappa shape index (κ2) is 8.10. The van der Waals surface area contributed by atoms with Crippen LogP contribution in [0.2, 0.25) is 0 Å². The highest BCUT2D eigenvalue weighted by Crippen LogP contribution is 2.20. The third-order valence-corrected chi connectivity index (χ3v) is 4.60. The molecule has 2 rings (SSSR count). The maximum absolute atomic E-state index is 11.7. The summed E-state index contributed by atoms with van der Waals surface area (Å²) in [5.41, 5.74) is 2.85. The lowest BCUT2D eigenvalue weighted by molar-refractivity contribution is -0.147. The average Bonchev–Trinajstić information content (AvgIpc) is 3.00. The van der Waals surface area contributed by atoms with Gasteiger partial charge >= 0.3 is 5.97 Å². The van der Waals surface area contributed by atoms with Crippen LogP contribution in [-0.4, -0.2) is 18.5 Å². The molecule has 1 N–H and O–H groups in total. The summed E-state index contributed by atoms with van der Waals surface area (Å²) >= 11 is 4.99. The number of benzene rings is 1. The van der Waals surface area contributed by atoms with Crippen molar-refractivity contribution in [1.29, 1.82) is 0 Å². The van der Waals surface area contributed by atoms with Gasteiger partial charge in [0.25, 0.3) is 5.91 Å². The minimum Gasteiger partial charge on any atom is -0.456 e. The largest absolute Gasteiger partial charge is 0.456 e. The lowest BCUT2D eigenvalue weighted by Crippen LogP contribution is -2.21. The first kappa shape index (κ1) is 16.7. The minimum atomic E-state index is -0.369.